The molecule has 2 aromatic rings. The van der Waals surface area contributed by atoms with Crippen LogP contribution in [-0.2, 0) is 11.3 Å². The lowest BCUT2D eigenvalue weighted by Crippen LogP contribution is -2.28. The number of carbonyl (C=O) groups excluding carboxylic acids is 1. The third kappa shape index (κ3) is 3.87. The molecule has 25 heavy (non-hydrogen) atoms. The standard InChI is InChI=1S/C20H27N3O2/c1-14-17(20(24)21-9-10-25-13-16-5-6-16)7-8-19-18(14)12-23(22-19)11-15-3-2-4-15/h7-8,12,15-16H,2-6,9-11,13H2,1H3,(H,21,24). The number of ether oxygens (including phenoxy) is 1. The van der Waals surface area contributed by atoms with Crippen LogP contribution in [-0.4, -0.2) is 35.4 Å². The van der Waals surface area contributed by atoms with Gasteiger partial charge in [-0.25, -0.2) is 0 Å². The number of carbonyl (C=O) groups is 1. The smallest absolute Gasteiger partial charge is 0.251 e. The summed E-state index contributed by atoms with van der Waals surface area (Å²) in [5, 5.41) is 8.71. The third-order valence-corrected chi connectivity index (χ3v) is 5.50. The van der Waals surface area contributed by atoms with Gasteiger partial charge in [-0.3, -0.25) is 9.48 Å². The van der Waals surface area contributed by atoms with Crippen molar-refractivity contribution in [3.05, 3.63) is 29.5 Å². The highest BCUT2D eigenvalue weighted by Gasteiger charge is 2.21. The summed E-state index contributed by atoms with van der Waals surface area (Å²) >= 11 is 0. The summed E-state index contributed by atoms with van der Waals surface area (Å²) in [7, 11) is 0. The topological polar surface area (TPSA) is 56.1 Å². The average Bonchev–Trinajstić information content (AvgIpc) is 3.28. The van der Waals surface area contributed by atoms with Crippen molar-refractivity contribution in [1.29, 1.82) is 0 Å². The first-order valence-corrected chi connectivity index (χ1v) is 9.53. The van der Waals surface area contributed by atoms with E-state index in [9.17, 15) is 4.79 Å². The molecule has 0 saturated heterocycles. The average molecular weight is 341 g/mol. The first-order chi connectivity index (χ1) is 12.2. The van der Waals surface area contributed by atoms with Crippen molar-refractivity contribution in [2.24, 2.45) is 11.8 Å². The number of nitrogens with zero attached hydrogens (tertiary/aromatic N) is 2. The molecule has 0 atom stereocenters. The Morgan fingerprint density at radius 1 is 1.28 bits per heavy atom. The van der Waals surface area contributed by atoms with E-state index in [-0.39, 0.29) is 5.91 Å². The molecule has 0 bridgehead atoms. The molecule has 1 amide bonds. The largest absolute Gasteiger partial charge is 0.379 e. The first-order valence-electron chi connectivity index (χ1n) is 9.53. The summed E-state index contributed by atoms with van der Waals surface area (Å²) in [6.07, 6.45) is 8.65. The number of nitrogens with one attached hydrogen (secondary N) is 1. The summed E-state index contributed by atoms with van der Waals surface area (Å²) < 4.78 is 7.62. The van der Waals surface area contributed by atoms with Crippen molar-refractivity contribution < 1.29 is 9.53 Å². The SMILES string of the molecule is Cc1c(C(=O)NCCOCC2CC2)ccc2nn(CC3CCC3)cc12. The summed E-state index contributed by atoms with van der Waals surface area (Å²) in [4.78, 5) is 12.5. The number of aryl methyl sites for hydroxylation is 1. The van der Waals surface area contributed by atoms with Crippen LogP contribution in [0.5, 0.6) is 0 Å². The zero-order valence-corrected chi connectivity index (χ0v) is 15.0. The highest BCUT2D eigenvalue weighted by atomic mass is 16.5. The molecule has 2 aliphatic carbocycles. The van der Waals surface area contributed by atoms with Gasteiger partial charge in [-0.2, -0.15) is 5.10 Å². The van der Waals surface area contributed by atoms with Crippen LogP contribution in [0, 0.1) is 18.8 Å². The van der Waals surface area contributed by atoms with Gasteiger partial charge >= 0.3 is 0 Å². The summed E-state index contributed by atoms with van der Waals surface area (Å²) in [5.74, 6) is 1.51. The van der Waals surface area contributed by atoms with E-state index in [1.807, 2.05) is 19.1 Å². The molecule has 5 heteroatoms. The van der Waals surface area contributed by atoms with Gasteiger partial charge in [0.1, 0.15) is 0 Å². The van der Waals surface area contributed by atoms with E-state index in [1.165, 1.54) is 32.1 Å². The van der Waals surface area contributed by atoms with E-state index in [2.05, 4.69) is 21.3 Å². The monoisotopic (exact) mass is 341 g/mol. The van der Waals surface area contributed by atoms with Gasteiger partial charge in [0.15, 0.2) is 0 Å². The Morgan fingerprint density at radius 2 is 2.12 bits per heavy atom. The molecule has 1 heterocycles. The van der Waals surface area contributed by atoms with Gasteiger partial charge in [0.05, 0.1) is 12.1 Å². The van der Waals surface area contributed by atoms with Crippen LogP contribution in [0.1, 0.15) is 48.0 Å². The molecule has 0 unspecified atom stereocenters. The van der Waals surface area contributed by atoms with Crippen molar-refractivity contribution in [3.63, 3.8) is 0 Å². The lowest BCUT2D eigenvalue weighted by atomic mass is 9.85. The fourth-order valence-corrected chi connectivity index (χ4v) is 3.43. The minimum atomic E-state index is -0.0267. The number of aromatic nitrogens is 2. The molecule has 0 spiro atoms. The van der Waals surface area contributed by atoms with Crippen LogP contribution in [0.3, 0.4) is 0 Å². The van der Waals surface area contributed by atoms with Crippen molar-refractivity contribution >= 4 is 16.8 Å². The van der Waals surface area contributed by atoms with E-state index < -0.39 is 0 Å². The molecule has 0 aliphatic heterocycles. The van der Waals surface area contributed by atoms with Gasteiger partial charge in [0.25, 0.3) is 5.91 Å². The van der Waals surface area contributed by atoms with Crippen molar-refractivity contribution in [2.45, 2.75) is 45.6 Å². The van der Waals surface area contributed by atoms with E-state index in [0.717, 1.165) is 47.0 Å². The zero-order chi connectivity index (χ0) is 17.2. The Morgan fingerprint density at radius 3 is 2.84 bits per heavy atom. The fraction of sp³-hybridized carbons (Fsp3) is 0.600. The molecule has 1 N–H and O–H groups in total. The number of benzene rings is 1. The van der Waals surface area contributed by atoms with E-state index in [0.29, 0.717) is 13.2 Å². The Hall–Kier alpha value is -1.88. The van der Waals surface area contributed by atoms with Crippen LogP contribution >= 0.6 is 0 Å². The molecular formula is C20H27N3O2. The molecule has 0 radical (unpaired) electrons. The predicted octanol–water partition coefficient (Wildman–Crippen LogP) is 3.30. The predicted molar refractivity (Wildman–Crippen MR) is 97.7 cm³/mol. The fourth-order valence-electron chi connectivity index (χ4n) is 3.43. The van der Waals surface area contributed by atoms with Crippen LogP contribution in [0.2, 0.25) is 0 Å². The molecule has 134 valence electrons. The second-order valence-corrected chi connectivity index (χ2v) is 7.59. The van der Waals surface area contributed by atoms with Gasteiger partial charge in [0.2, 0.25) is 0 Å². The molecule has 4 rings (SSSR count). The van der Waals surface area contributed by atoms with Gasteiger partial charge in [-0.15, -0.1) is 0 Å². The van der Waals surface area contributed by atoms with Crippen LogP contribution in [0.25, 0.3) is 10.9 Å². The molecule has 1 aromatic carbocycles. The molecule has 2 aliphatic rings. The van der Waals surface area contributed by atoms with Crippen LogP contribution in [0.15, 0.2) is 18.3 Å². The Labute approximate surface area is 148 Å². The quantitative estimate of drug-likeness (QED) is 0.750. The summed E-state index contributed by atoms with van der Waals surface area (Å²) in [6.45, 7) is 4.98. The number of hydrogen-bond donors (Lipinski definition) is 1. The number of amides is 1. The van der Waals surface area contributed by atoms with Gasteiger partial charge in [-0.05, 0) is 62.1 Å². The number of rotatable bonds is 8. The van der Waals surface area contributed by atoms with E-state index in [4.69, 9.17) is 4.74 Å². The first kappa shape index (κ1) is 16.6. The zero-order valence-electron chi connectivity index (χ0n) is 15.0. The maximum atomic E-state index is 12.5. The van der Waals surface area contributed by atoms with E-state index in [1.54, 1.807) is 0 Å². The normalized spacial score (nSPS) is 17.6. The maximum absolute atomic E-state index is 12.5. The molecular weight excluding hydrogens is 314 g/mol. The Kier molecular flexibility index (Phi) is 4.75. The highest BCUT2D eigenvalue weighted by molar-refractivity contribution is 6.00. The van der Waals surface area contributed by atoms with Gasteiger partial charge < -0.3 is 10.1 Å². The maximum Gasteiger partial charge on any atom is 0.251 e. The molecule has 2 saturated carbocycles. The van der Waals surface area contributed by atoms with Crippen LogP contribution in [0.4, 0.5) is 0 Å². The van der Waals surface area contributed by atoms with Gasteiger partial charge in [-0.1, -0.05) is 6.42 Å². The molecule has 1 aromatic heterocycles. The minimum Gasteiger partial charge on any atom is -0.379 e. The second kappa shape index (κ2) is 7.16. The lowest BCUT2D eigenvalue weighted by Gasteiger charge is -2.24. The molecule has 2 fully saturated rings. The second-order valence-electron chi connectivity index (χ2n) is 7.59. The van der Waals surface area contributed by atoms with Crippen molar-refractivity contribution in [1.82, 2.24) is 15.1 Å². The van der Waals surface area contributed by atoms with Crippen molar-refractivity contribution in [2.75, 3.05) is 19.8 Å². The number of hydrogen-bond acceptors (Lipinski definition) is 3. The summed E-state index contributed by atoms with van der Waals surface area (Å²) in [6, 6.07) is 3.84. The van der Waals surface area contributed by atoms with E-state index >= 15 is 0 Å². The highest BCUT2D eigenvalue weighted by Crippen LogP contribution is 2.29. The van der Waals surface area contributed by atoms with Crippen molar-refractivity contribution in [3.8, 4) is 0 Å². The lowest BCUT2D eigenvalue weighted by molar-refractivity contribution is 0.0906. The Bertz CT molecular complexity index is 760. The van der Waals surface area contributed by atoms with Crippen LogP contribution < -0.4 is 5.32 Å². The summed E-state index contributed by atoms with van der Waals surface area (Å²) in [5.41, 5.74) is 2.72. The van der Waals surface area contributed by atoms with Gasteiger partial charge in [0, 0.05) is 36.8 Å². The minimum absolute atomic E-state index is 0.0267. The Balaban J connectivity index is 1.37. The molecule has 5 nitrogen and oxygen atoms in total. The number of fused-ring (bicyclic) bond motifs is 1. The third-order valence-electron chi connectivity index (χ3n) is 5.50.